The fourth-order valence-corrected chi connectivity index (χ4v) is 30.9. The third-order valence-corrected chi connectivity index (χ3v) is 29.3. The average molecular weight is 459 g/mol. The zero-order valence-electron chi connectivity index (χ0n) is 16.9. The Balaban J connectivity index is 1.71. The fourth-order valence-electron chi connectivity index (χ4n) is 7.30. The van der Waals surface area contributed by atoms with Gasteiger partial charge in [0.05, 0.1) is 0 Å². The van der Waals surface area contributed by atoms with E-state index in [2.05, 4.69) is 30.3 Å². The van der Waals surface area contributed by atoms with Crippen molar-refractivity contribution in [2.45, 2.75) is 113 Å². The Morgan fingerprint density at radius 3 is 1.31 bits per heavy atom. The Morgan fingerprint density at radius 2 is 0.923 bits per heavy atom. The number of hydrogen-bond acceptors (Lipinski definition) is 0. The van der Waals surface area contributed by atoms with Gasteiger partial charge >= 0.3 is 167 Å². The van der Waals surface area contributed by atoms with Gasteiger partial charge in [-0.15, -0.1) is 0 Å². The third-order valence-electron chi connectivity index (χ3n) is 8.45. The average Bonchev–Trinajstić information content (AvgIpc) is 2.75. The molecule has 0 aliphatic heterocycles. The van der Waals surface area contributed by atoms with Crippen molar-refractivity contribution in [3.05, 3.63) is 35.9 Å². The van der Waals surface area contributed by atoms with Gasteiger partial charge in [-0.05, 0) is 0 Å². The van der Waals surface area contributed by atoms with Crippen LogP contribution in [0.25, 0.3) is 0 Å². The van der Waals surface area contributed by atoms with Crippen LogP contribution in [0.3, 0.4) is 0 Å². The van der Waals surface area contributed by atoms with Gasteiger partial charge < -0.3 is 0 Å². The van der Waals surface area contributed by atoms with Gasteiger partial charge in [0.2, 0.25) is 0 Å². The Kier molecular flexibility index (Phi) is 7.05. The normalized spacial score (nSPS) is 24.6. The zero-order valence-corrected chi connectivity index (χ0v) is 19.8. The van der Waals surface area contributed by atoms with Crippen molar-refractivity contribution in [2.75, 3.05) is 0 Å². The van der Waals surface area contributed by atoms with Crippen LogP contribution in [0.4, 0.5) is 0 Å². The molecule has 0 heterocycles. The molecule has 144 valence electrons. The summed E-state index contributed by atoms with van der Waals surface area (Å²) in [5.74, 6) is 0. The van der Waals surface area contributed by atoms with Crippen LogP contribution in [0.5, 0.6) is 0 Å². The van der Waals surface area contributed by atoms with E-state index < -0.39 is 18.4 Å². The maximum atomic E-state index is 2.49. The Labute approximate surface area is 166 Å². The van der Waals surface area contributed by atoms with Gasteiger partial charge in [-0.1, -0.05) is 0 Å². The molecule has 0 amide bonds. The first-order valence-corrected chi connectivity index (χ1v) is 18.9. The summed E-state index contributed by atoms with van der Waals surface area (Å²) in [7, 11) is 0. The SMILES string of the molecule is c1ccc([CH2][Sn]([CH]2CCCCC2)([CH]2CCCCC2)[CH]2CCCCC2)cc1. The maximum absolute atomic E-state index is 2.49. The summed E-state index contributed by atoms with van der Waals surface area (Å²) in [6.07, 6.45) is 23.6. The van der Waals surface area contributed by atoms with Crippen LogP contribution in [-0.2, 0) is 4.44 Å². The summed E-state index contributed by atoms with van der Waals surface area (Å²) >= 11 is -2.33. The molecule has 1 aromatic rings. The van der Waals surface area contributed by atoms with Crippen LogP contribution in [0.2, 0.25) is 11.8 Å². The second-order valence-electron chi connectivity index (χ2n) is 9.78. The molecule has 0 bridgehead atoms. The van der Waals surface area contributed by atoms with E-state index >= 15 is 0 Å². The first-order chi connectivity index (χ1) is 12.9. The predicted molar refractivity (Wildman–Crippen MR) is 116 cm³/mol. The van der Waals surface area contributed by atoms with Crippen molar-refractivity contribution in [3.8, 4) is 0 Å². The standard InChI is InChI=1S/C7H7.3C6H11.Sn/c1-7-5-3-2-4-6-7;3*1-2-4-6-5-3-1;/h2-6H,1H2;3*1H,2-6H2;. The molecule has 26 heavy (non-hydrogen) atoms. The molecule has 0 radical (unpaired) electrons. The van der Waals surface area contributed by atoms with Crippen LogP contribution in [0.15, 0.2) is 30.3 Å². The molecule has 0 unspecified atom stereocenters. The van der Waals surface area contributed by atoms with E-state index in [4.69, 9.17) is 0 Å². The van der Waals surface area contributed by atoms with E-state index in [1.807, 2.05) is 0 Å². The van der Waals surface area contributed by atoms with E-state index in [0.29, 0.717) is 0 Å². The van der Waals surface area contributed by atoms with Crippen molar-refractivity contribution in [2.24, 2.45) is 0 Å². The summed E-state index contributed by atoms with van der Waals surface area (Å²) in [5.41, 5.74) is 1.73. The summed E-state index contributed by atoms with van der Waals surface area (Å²) in [4.78, 5) is 0. The van der Waals surface area contributed by atoms with Gasteiger partial charge in [-0.3, -0.25) is 0 Å². The van der Waals surface area contributed by atoms with Crippen LogP contribution >= 0.6 is 0 Å². The van der Waals surface area contributed by atoms with E-state index in [1.165, 1.54) is 31.1 Å². The molecule has 3 saturated carbocycles. The van der Waals surface area contributed by atoms with E-state index in [0.717, 1.165) is 0 Å². The molecule has 3 aliphatic rings. The summed E-state index contributed by atoms with van der Waals surface area (Å²) in [5, 5.41) is 0. The predicted octanol–water partition coefficient (Wildman–Crippen LogP) is 8.22. The fraction of sp³-hybridized carbons (Fsp3) is 0.760. The van der Waals surface area contributed by atoms with Gasteiger partial charge in [0, 0.05) is 0 Å². The molecule has 3 aliphatic carbocycles. The Hall–Kier alpha value is 0.0187. The minimum absolute atomic E-state index is 1.21. The Bertz CT molecular complexity index is 473. The van der Waals surface area contributed by atoms with Crippen molar-refractivity contribution in [1.82, 2.24) is 0 Å². The van der Waals surface area contributed by atoms with Crippen LogP contribution in [-0.4, -0.2) is 18.4 Å². The third kappa shape index (κ3) is 4.20. The van der Waals surface area contributed by atoms with E-state index in [1.54, 1.807) is 87.1 Å². The Morgan fingerprint density at radius 1 is 0.538 bits per heavy atom. The van der Waals surface area contributed by atoms with Crippen LogP contribution < -0.4 is 0 Å². The molecule has 3 fully saturated rings. The molecule has 0 atom stereocenters. The van der Waals surface area contributed by atoms with Crippen molar-refractivity contribution in [1.29, 1.82) is 0 Å². The molecule has 0 spiro atoms. The number of benzene rings is 1. The molecule has 0 N–H and O–H groups in total. The molecule has 0 aromatic heterocycles. The van der Waals surface area contributed by atoms with E-state index in [9.17, 15) is 0 Å². The molecule has 1 heteroatoms. The monoisotopic (exact) mass is 460 g/mol. The summed E-state index contributed by atoms with van der Waals surface area (Å²) < 4.78 is 5.23. The van der Waals surface area contributed by atoms with Crippen molar-refractivity contribution < 1.29 is 0 Å². The van der Waals surface area contributed by atoms with Gasteiger partial charge in [0.25, 0.3) is 0 Å². The molecule has 4 rings (SSSR count). The number of hydrogen-bond donors (Lipinski definition) is 0. The molecule has 0 nitrogen and oxygen atoms in total. The van der Waals surface area contributed by atoms with Gasteiger partial charge in [0.1, 0.15) is 0 Å². The molecular formula is C25H40Sn. The summed E-state index contributed by atoms with van der Waals surface area (Å²) in [6, 6.07) is 11.8. The van der Waals surface area contributed by atoms with Crippen LogP contribution in [0.1, 0.15) is 102 Å². The van der Waals surface area contributed by atoms with Crippen molar-refractivity contribution >= 4 is 18.4 Å². The second-order valence-corrected chi connectivity index (χ2v) is 24.1. The minimum atomic E-state index is -2.33. The van der Waals surface area contributed by atoms with Gasteiger partial charge in [-0.25, -0.2) is 0 Å². The van der Waals surface area contributed by atoms with Gasteiger partial charge in [0.15, 0.2) is 0 Å². The molecular weight excluding hydrogens is 419 g/mol. The second kappa shape index (κ2) is 9.48. The molecule has 1 aromatic carbocycles. The van der Waals surface area contributed by atoms with Crippen molar-refractivity contribution in [3.63, 3.8) is 0 Å². The molecule has 0 saturated heterocycles. The van der Waals surface area contributed by atoms with Gasteiger partial charge in [-0.2, -0.15) is 0 Å². The first kappa shape index (κ1) is 19.3. The summed E-state index contributed by atoms with van der Waals surface area (Å²) in [6.45, 7) is 0. The topological polar surface area (TPSA) is 0 Å². The quantitative estimate of drug-likeness (QED) is 0.389. The zero-order chi connectivity index (χ0) is 17.7. The van der Waals surface area contributed by atoms with E-state index in [-0.39, 0.29) is 0 Å². The van der Waals surface area contributed by atoms with Crippen LogP contribution in [0, 0.1) is 0 Å². The number of rotatable bonds is 5. The first-order valence-electron chi connectivity index (χ1n) is 11.9.